The van der Waals surface area contributed by atoms with Crippen molar-refractivity contribution >= 4 is 23.2 Å². The van der Waals surface area contributed by atoms with Crippen LogP contribution in [-0.4, -0.2) is 25.4 Å². The van der Waals surface area contributed by atoms with E-state index < -0.39 is 0 Å². The molecule has 0 saturated carbocycles. The number of allylic oxidation sites excluding steroid dienone is 1. The maximum atomic E-state index is 12.6. The standard InChI is InChI=1S/C26H32N4O2/c1-4-8-19-12-20(16-27)14-21(13-19)24(30(3)23-9-6-5-7-10-23)11-18(2)29-26(32)22-15-25(31)28-17-22/h5-7,9-14,22H,2,4,8,15-17,27H2,1,3H3,(H,28,31)(H,29,32)/b24-11-/t22-/m1/s1. The molecule has 168 valence electrons. The lowest BCUT2D eigenvalue weighted by molar-refractivity contribution is -0.125. The van der Waals surface area contributed by atoms with Gasteiger partial charge in [0.15, 0.2) is 0 Å². The Morgan fingerprint density at radius 2 is 1.97 bits per heavy atom. The van der Waals surface area contributed by atoms with Gasteiger partial charge in [0, 0.05) is 37.9 Å². The summed E-state index contributed by atoms with van der Waals surface area (Å²) in [5.41, 5.74) is 11.7. The summed E-state index contributed by atoms with van der Waals surface area (Å²) in [4.78, 5) is 26.1. The number of rotatable bonds is 9. The van der Waals surface area contributed by atoms with E-state index in [2.05, 4.69) is 47.2 Å². The highest BCUT2D eigenvalue weighted by molar-refractivity contribution is 5.90. The molecule has 1 fully saturated rings. The molecular weight excluding hydrogens is 400 g/mol. The maximum Gasteiger partial charge on any atom is 0.229 e. The molecule has 2 amide bonds. The van der Waals surface area contributed by atoms with Gasteiger partial charge in [0.1, 0.15) is 0 Å². The van der Waals surface area contributed by atoms with Crippen molar-refractivity contribution in [2.75, 3.05) is 18.5 Å². The second kappa shape index (κ2) is 10.8. The molecule has 0 radical (unpaired) electrons. The van der Waals surface area contributed by atoms with Crippen LogP contribution in [0.5, 0.6) is 0 Å². The van der Waals surface area contributed by atoms with Crippen LogP contribution < -0.4 is 21.3 Å². The molecule has 1 aliphatic heterocycles. The minimum absolute atomic E-state index is 0.0992. The fourth-order valence-corrected chi connectivity index (χ4v) is 3.88. The highest BCUT2D eigenvalue weighted by Crippen LogP contribution is 2.27. The Morgan fingerprint density at radius 3 is 2.59 bits per heavy atom. The van der Waals surface area contributed by atoms with Crippen LogP contribution in [0, 0.1) is 5.92 Å². The van der Waals surface area contributed by atoms with Crippen LogP contribution in [0.4, 0.5) is 5.69 Å². The lowest BCUT2D eigenvalue weighted by atomic mass is 9.99. The van der Waals surface area contributed by atoms with Gasteiger partial charge in [-0.3, -0.25) is 9.59 Å². The molecule has 2 aromatic carbocycles. The van der Waals surface area contributed by atoms with Gasteiger partial charge in [-0.25, -0.2) is 0 Å². The molecule has 6 nitrogen and oxygen atoms in total. The SMILES string of the molecule is C=C(/C=C(/c1cc(CN)cc(CCC)c1)N(C)c1ccccc1)NC(=O)[C@H]1CNC(=O)C1. The lowest BCUT2D eigenvalue weighted by Crippen LogP contribution is -2.31. The number of nitrogens with one attached hydrogen (secondary N) is 2. The number of hydrogen-bond acceptors (Lipinski definition) is 4. The number of carbonyl (C=O) groups is 2. The first-order chi connectivity index (χ1) is 15.4. The number of aryl methyl sites for hydroxylation is 1. The van der Waals surface area contributed by atoms with E-state index in [1.165, 1.54) is 5.56 Å². The Labute approximate surface area is 190 Å². The average Bonchev–Trinajstić information content (AvgIpc) is 3.24. The van der Waals surface area contributed by atoms with Crippen molar-refractivity contribution in [3.8, 4) is 0 Å². The van der Waals surface area contributed by atoms with E-state index in [4.69, 9.17) is 5.73 Å². The first-order valence-electron chi connectivity index (χ1n) is 11.0. The summed E-state index contributed by atoms with van der Waals surface area (Å²) in [7, 11) is 1.99. The summed E-state index contributed by atoms with van der Waals surface area (Å²) in [6.45, 7) is 7.03. The highest BCUT2D eigenvalue weighted by Gasteiger charge is 2.28. The number of hydrogen-bond donors (Lipinski definition) is 3. The molecule has 0 bridgehead atoms. The Kier molecular flexibility index (Phi) is 7.84. The van der Waals surface area contributed by atoms with Gasteiger partial charge in [-0.05, 0) is 53.5 Å². The average molecular weight is 433 g/mol. The maximum absolute atomic E-state index is 12.6. The summed E-state index contributed by atoms with van der Waals surface area (Å²) in [6, 6.07) is 16.4. The van der Waals surface area contributed by atoms with Gasteiger partial charge >= 0.3 is 0 Å². The molecule has 32 heavy (non-hydrogen) atoms. The summed E-state index contributed by atoms with van der Waals surface area (Å²) in [5.74, 6) is -0.675. The zero-order valence-electron chi connectivity index (χ0n) is 18.9. The van der Waals surface area contributed by atoms with Crippen LogP contribution in [0.25, 0.3) is 5.70 Å². The molecule has 3 rings (SSSR count). The summed E-state index contributed by atoms with van der Waals surface area (Å²) < 4.78 is 0. The van der Waals surface area contributed by atoms with Gasteiger partial charge in [-0.15, -0.1) is 0 Å². The molecule has 0 unspecified atom stereocenters. The van der Waals surface area contributed by atoms with Gasteiger partial charge in [0.2, 0.25) is 11.8 Å². The summed E-state index contributed by atoms with van der Waals surface area (Å²) >= 11 is 0. The number of benzene rings is 2. The van der Waals surface area contributed by atoms with Crippen LogP contribution in [0.2, 0.25) is 0 Å². The topological polar surface area (TPSA) is 87.5 Å². The molecule has 2 aromatic rings. The fraction of sp³-hybridized carbons (Fsp3) is 0.308. The molecule has 1 atom stereocenters. The normalized spacial score (nSPS) is 15.9. The van der Waals surface area contributed by atoms with Gasteiger partial charge in [-0.1, -0.05) is 44.2 Å². The Bertz CT molecular complexity index is 1010. The van der Waals surface area contributed by atoms with E-state index in [9.17, 15) is 9.59 Å². The third-order valence-corrected chi connectivity index (χ3v) is 5.57. The number of para-hydroxylation sites is 1. The van der Waals surface area contributed by atoms with E-state index in [0.29, 0.717) is 18.8 Å². The summed E-state index contributed by atoms with van der Waals surface area (Å²) in [6.07, 6.45) is 4.08. The van der Waals surface area contributed by atoms with Crippen molar-refractivity contribution in [2.45, 2.75) is 32.7 Å². The fourth-order valence-electron chi connectivity index (χ4n) is 3.88. The lowest BCUT2D eigenvalue weighted by Gasteiger charge is -2.25. The second-order valence-electron chi connectivity index (χ2n) is 8.14. The monoisotopic (exact) mass is 432 g/mol. The Hall–Kier alpha value is -3.38. The van der Waals surface area contributed by atoms with Crippen molar-refractivity contribution < 1.29 is 9.59 Å². The van der Waals surface area contributed by atoms with E-state index in [1.54, 1.807) is 0 Å². The molecule has 1 heterocycles. The minimum Gasteiger partial charge on any atom is -0.355 e. The van der Waals surface area contributed by atoms with Crippen LogP contribution in [0.15, 0.2) is 66.9 Å². The van der Waals surface area contributed by atoms with Gasteiger partial charge in [0.25, 0.3) is 0 Å². The third-order valence-electron chi connectivity index (χ3n) is 5.57. The van der Waals surface area contributed by atoms with Gasteiger partial charge in [0.05, 0.1) is 11.6 Å². The smallest absolute Gasteiger partial charge is 0.229 e. The van der Waals surface area contributed by atoms with Crippen LogP contribution in [-0.2, 0) is 22.6 Å². The van der Waals surface area contributed by atoms with Crippen molar-refractivity contribution in [3.63, 3.8) is 0 Å². The third kappa shape index (κ3) is 5.86. The predicted octanol–water partition coefficient (Wildman–Crippen LogP) is 3.34. The van der Waals surface area contributed by atoms with Crippen molar-refractivity contribution in [1.82, 2.24) is 10.6 Å². The first-order valence-corrected chi connectivity index (χ1v) is 11.0. The molecule has 0 aliphatic carbocycles. The Balaban J connectivity index is 1.95. The van der Waals surface area contributed by atoms with Crippen molar-refractivity contribution in [1.29, 1.82) is 0 Å². The molecule has 0 aromatic heterocycles. The van der Waals surface area contributed by atoms with Gasteiger partial charge in [-0.2, -0.15) is 0 Å². The van der Waals surface area contributed by atoms with Crippen molar-refractivity contribution in [2.24, 2.45) is 11.7 Å². The zero-order valence-corrected chi connectivity index (χ0v) is 18.9. The number of amides is 2. The zero-order chi connectivity index (χ0) is 23.1. The number of carbonyl (C=O) groups excluding carboxylic acids is 2. The number of anilines is 1. The van der Waals surface area contributed by atoms with E-state index in [1.807, 2.05) is 43.5 Å². The number of nitrogens with two attached hydrogens (primary N) is 1. The van der Waals surface area contributed by atoms with Crippen molar-refractivity contribution in [3.05, 3.63) is 83.6 Å². The van der Waals surface area contributed by atoms with E-state index >= 15 is 0 Å². The quantitative estimate of drug-likeness (QED) is 0.531. The number of nitrogens with zero attached hydrogens (tertiary/aromatic N) is 1. The molecule has 0 spiro atoms. The van der Waals surface area contributed by atoms with Crippen LogP contribution in [0.3, 0.4) is 0 Å². The Morgan fingerprint density at radius 1 is 1.25 bits per heavy atom. The molecular formula is C26H32N4O2. The predicted molar refractivity (Wildman–Crippen MR) is 130 cm³/mol. The molecule has 1 saturated heterocycles. The summed E-state index contributed by atoms with van der Waals surface area (Å²) in [5, 5.41) is 5.56. The first kappa shape index (κ1) is 23.3. The second-order valence-corrected chi connectivity index (χ2v) is 8.14. The highest BCUT2D eigenvalue weighted by atomic mass is 16.2. The van der Waals surface area contributed by atoms with Gasteiger partial charge < -0.3 is 21.3 Å². The van der Waals surface area contributed by atoms with Crippen LogP contribution in [0.1, 0.15) is 36.5 Å². The van der Waals surface area contributed by atoms with E-state index in [0.717, 1.165) is 35.4 Å². The molecule has 6 heteroatoms. The molecule has 4 N–H and O–H groups in total. The van der Waals surface area contributed by atoms with E-state index in [-0.39, 0.29) is 24.2 Å². The van der Waals surface area contributed by atoms with Crippen LogP contribution >= 0.6 is 0 Å². The largest absolute Gasteiger partial charge is 0.355 e. The molecule has 1 aliphatic rings. The minimum atomic E-state index is -0.375.